The van der Waals surface area contributed by atoms with Crippen LogP contribution in [0, 0.1) is 10.8 Å². The van der Waals surface area contributed by atoms with Gasteiger partial charge in [0.1, 0.15) is 11.9 Å². The molecule has 3 unspecified atom stereocenters. The van der Waals surface area contributed by atoms with Gasteiger partial charge in [-0.25, -0.2) is 4.79 Å². The van der Waals surface area contributed by atoms with Crippen LogP contribution in [0.15, 0.2) is 30.3 Å². The highest BCUT2D eigenvalue weighted by Crippen LogP contribution is 2.66. The highest BCUT2D eigenvalue weighted by molar-refractivity contribution is 7.86. The van der Waals surface area contributed by atoms with Crippen molar-refractivity contribution in [2.24, 2.45) is 10.8 Å². The Hall–Kier alpha value is -1.93. The van der Waals surface area contributed by atoms with Crippen molar-refractivity contribution in [2.45, 2.75) is 52.2 Å². The molecule has 0 N–H and O–H groups in total. The SMILES string of the molecule is CCOS(=O)(=O)CC(OC(=O)C12CCC(C)(C(=O)O1)C2(C)C)c1ccccc1. The fraction of sp³-hybridized carbons (Fsp3) is 0.600. The van der Waals surface area contributed by atoms with Gasteiger partial charge >= 0.3 is 11.9 Å². The summed E-state index contributed by atoms with van der Waals surface area (Å²) in [6, 6.07) is 8.60. The Kier molecular flexibility index (Phi) is 5.08. The number of hydrogen-bond donors (Lipinski definition) is 0. The number of benzene rings is 1. The summed E-state index contributed by atoms with van der Waals surface area (Å²) in [5, 5.41) is 0. The molecule has 3 atom stereocenters. The van der Waals surface area contributed by atoms with Crippen LogP contribution in [0.2, 0.25) is 0 Å². The molecule has 28 heavy (non-hydrogen) atoms. The van der Waals surface area contributed by atoms with Crippen molar-refractivity contribution in [1.29, 1.82) is 0 Å². The third-order valence-electron chi connectivity index (χ3n) is 6.49. The highest BCUT2D eigenvalue weighted by Gasteiger charge is 2.76. The molecule has 0 aromatic heterocycles. The second-order valence-corrected chi connectivity index (χ2v) is 9.79. The van der Waals surface area contributed by atoms with Gasteiger partial charge in [-0.05, 0) is 32.3 Å². The lowest BCUT2D eigenvalue weighted by molar-refractivity contribution is -0.186. The average molecular weight is 410 g/mol. The summed E-state index contributed by atoms with van der Waals surface area (Å²) in [7, 11) is -3.90. The molecule has 1 heterocycles. The van der Waals surface area contributed by atoms with Crippen LogP contribution < -0.4 is 0 Å². The van der Waals surface area contributed by atoms with E-state index in [9.17, 15) is 18.0 Å². The molecule has 2 fully saturated rings. The highest BCUT2D eigenvalue weighted by atomic mass is 32.2. The van der Waals surface area contributed by atoms with Crippen molar-refractivity contribution in [2.75, 3.05) is 12.4 Å². The van der Waals surface area contributed by atoms with Crippen LogP contribution in [-0.4, -0.2) is 38.3 Å². The molecule has 154 valence electrons. The minimum Gasteiger partial charge on any atom is -0.453 e. The van der Waals surface area contributed by atoms with Crippen molar-refractivity contribution >= 4 is 22.1 Å². The maximum absolute atomic E-state index is 13.2. The average Bonchev–Trinajstić information content (AvgIpc) is 2.92. The number of carbonyl (C=O) groups is 2. The first kappa shape index (κ1) is 20.8. The molecule has 3 rings (SSSR count). The smallest absolute Gasteiger partial charge is 0.351 e. The Balaban J connectivity index is 1.91. The molecule has 0 amide bonds. The predicted octanol–water partition coefficient (Wildman–Crippen LogP) is 2.76. The van der Waals surface area contributed by atoms with E-state index in [2.05, 4.69) is 0 Å². The molecule has 0 spiro atoms. The van der Waals surface area contributed by atoms with Crippen LogP contribution >= 0.6 is 0 Å². The van der Waals surface area contributed by atoms with Gasteiger partial charge in [-0.15, -0.1) is 0 Å². The van der Waals surface area contributed by atoms with Crippen LogP contribution in [0.5, 0.6) is 0 Å². The lowest BCUT2D eigenvalue weighted by Crippen LogP contribution is -2.49. The first-order valence-corrected chi connectivity index (χ1v) is 10.9. The first-order valence-electron chi connectivity index (χ1n) is 9.36. The summed E-state index contributed by atoms with van der Waals surface area (Å²) in [6.45, 7) is 7.00. The molecule has 2 bridgehead atoms. The Morgan fingerprint density at radius 2 is 1.82 bits per heavy atom. The van der Waals surface area contributed by atoms with E-state index in [4.69, 9.17) is 13.7 Å². The van der Waals surface area contributed by atoms with E-state index in [1.807, 2.05) is 13.8 Å². The van der Waals surface area contributed by atoms with Crippen LogP contribution in [-0.2, 0) is 33.4 Å². The molecule has 8 heteroatoms. The molecule has 0 radical (unpaired) electrons. The van der Waals surface area contributed by atoms with E-state index >= 15 is 0 Å². The number of carbonyl (C=O) groups excluding carboxylic acids is 2. The second kappa shape index (κ2) is 6.84. The number of fused-ring (bicyclic) bond motifs is 2. The van der Waals surface area contributed by atoms with Gasteiger partial charge in [-0.3, -0.25) is 8.98 Å². The summed E-state index contributed by atoms with van der Waals surface area (Å²) in [5.74, 6) is -1.65. The third kappa shape index (κ3) is 3.03. The molecule has 7 nitrogen and oxygen atoms in total. The number of rotatable bonds is 7. The quantitative estimate of drug-likeness (QED) is 0.504. The molecular formula is C20H26O7S. The third-order valence-corrected chi connectivity index (χ3v) is 7.79. The minimum atomic E-state index is -3.90. The van der Waals surface area contributed by atoms with Crippen molar-refractivity contribution < 1.29 is 31.7 Å². The Morgan fingerprint density at radius 3 is 2.32 bits per heavy atom. The van der Waals surface area contributed by atoms with Gasteiger partial charge in [-0.2, -0.15) is 8.42 Å². The molecule has 1 aromatic rings. The van der Waals surface area contributed by atoms with Gasteiger partial charge in [0.15, 0.2) is 0 Å². The number of hydrogen-bond acceptors (Lipinski definition) is 7. The van der Waals surface area contributed by atoms with Crippen LogP contribution in [0.4, 0.5) is 0 Å². The minimum absolute atomic E-state index is 0.00920. The zero-order valence-corrected chi connectivity index (χ0v) is 17.4. The van der Waals surface area contributed by atoms with Gasteiger partial charge in [-0.1, -0.05) is 44.2 Å². The predicted molar refractivity (Wildman–Crippen MR) is 101 cm³/mol. The zero-order chi connectivity index (χ0) is 20.8. The van der Waals surface area contributed by atoms with E-state index in [1.54, 1.807) is 44.2 Å². The van der Waals surface area contributed by atoms with Gasteiger partial charge in [0.25, 0.3) is 10.1 Å². The second-order valence-electron chi connectivity index (χ2n) is 8.11. The standard InChI is InChI=1S/C20H26O7S/c1-5-25-28(23,24)13-15(14-9-7-6-8-10-14)26-17(22)20-12-11-19(4,16(21)27-20)18(20,2)3/h6-10,15H,5,11-13H2,1-4H3. The van der Waals surface area contributed by atoms with Crippen molar-refractivity contribution in [3.63, 3.8) is 0 Å². The molecule has 1 saturated heterocycles. The van der Waals surface area contributed by atoms with Gasteiger partial charge in [0.2, 0.25) is 5.60 Å². The van der Waals surface area contributed by atoms with E-state index in [0.717, 1.165) is 0 Å². The van der Waals surface area contributed by atoms with Crippen molar-refractivity contribution in [3.05, 3.63) is 35.9 Å². The Labute approximate surface area is 165 Å². The number of ether oxygens (including phenoxy) is 2. The largest absolute Gasteiger partial charge is 0.453 e. The molecule has 2 aliphatic rings. The maximum atomic E-state index is 13.2. The van der Waals surface area contributed by atoms with Crippen molar-refractivity contribution in [3.8, 4) is 0 Å². The summed E-state index contributed by atoms with van der Waals surface area (Å²) in [5.41, 5.74) is -2.43. The van der Waals surface area contributed by atoms with Crippen LogP contribution in [0.1, 0.15) is 52.2 Å². The van der Waals surface area contributed by atoms with E-state index in [0.29, 0.717) is 18.4 Å². The molecule has 1 aliphatic heterocycles. The lowest BCUT2D eigenvalue weighted by Gasteiger charge is -2.35. The molecular weight excluding hydrogens is 384 g/mol. The molecule has 1 saturated carbocycles. The van der Waals surface area contributed by atoms with Crippen LogP contribution in [0.25, 0.3) is 0 Å². The fourth-order valence-corrected chi connectivity index (χ4v) is 5.29. The van der Waals surface area contributed by atoms with Gasteiger partial charge in [0.05, 0.1) is 12.0 Å². The zero-order valence-electron chi connectivity index (χ0n) is 16.6. The topological polar surface area (TPSA) is 96.0 Å². The van der Waals surface area contributed by atoms with E-state index in [-0.39, 0.29) is 6.61 Å². The summed E-state index contributed by atoms with van der Waals surface area (Å²) in [6.07, 6.45) is -0.205. The first-order chi connectivity index (χ1) is 13.0. The normalized spacial score (nSPS) is 29.4. The summed E-state index contributed by atoms with van der Waals surface area (Å²) in [4.78, 5) is 25.6. The van der Waals surface area contributed by atoms with E-state index in [1.165, 1.54) is 0 Å². The van der Waals surface area contributed by atoms with Gasteiger partial charge < -0.3 is 9.47 Å². The number of esters is 2. The summed E-state index contributed by atoms with van der Waals surface area (Å²) < 4.78 is 40.5. The monoisotopic (exact) mass is 410 g/mol. The Bertz CT molecular complexity index is 877. The molecule has 1 aliphatic carbocycles. The molecule has 1 aromatic carbocycles. The summed E-state index contributed by atoms with van der Waals surface area (Å²) >= 11 is 0. The van der Waals surface area contributed by atoms with Gasteiger partial charge in [0, 0.05) is 5.41 Å². The Morgan fingerprint density at radius 1 is 1.18 bits per heavy atom. The van der Waals surface area contributed by atoms with Crippen molar-refractivity contribution in [1.82, 2.24) is 0 Å². The maximum Gasteiger partial charge on any atom is 0.351 e. The fourth-order valence-electron chi connectivity index (χ4n) is 4.21. The van der Waals surface area contributed by atoms with E-state index < -0.39 is 50.3 Å². The lowest BCUT2D eigenvalue weighted by atomic mass is 9.66. The van der Waals surface area contributed by atoms with Crippen LogP contribution in [0.3, 0.4) is 0 Å².